The third-order valence-corrected chi connectivity index (χ3v) is 3.32. The maximum atomic E-state index is 11.9. The summed E-state index contributed by atoms with van der Waals surface area (Å²) in [5, 5.41) is 13.2. The average molecular weight is 296 g/mol. The minimum Gasteiger partial charge on any atom is -0.507 e. The highest BCUT2D eigenvalue weighted by atomic mass is 35.5. The fraction of sp³-hybridized carbons (Fsp3) is 0.0714. The molecular formula is C14H11Cl2NO2. The Balaban J connectivity index is 2.04. The number of halogens is 2. The molecule has 0 saturated carbocycles. The van der Waals surface area contributed by atoms with Gasteiger partial charge in [-0.15, -0.1) is 0 Å². The lowest BCUT2D eigenvalue weighted by atomic mass is 10.1. The Bertz CT molecular complexity index is 614. The summed E-state index contributed by atoms with van der Waals surface area (Å²) in [7, 11) is 0. The SMILES string of the molecule is O=C(NCc1ccc(Cl)c(Cl)c1)c1ccccc1O. The van der Waals surface area contributed by atoms with Crippen molar-refractivity contribution >= 4 is 29.1 Å². The molecule has 0 aliphatic heterocycles. The smallest absolute Gasteiger partial charge is 0.255 e. The predicted molar refractivity (Wildman–Crippen MR) is 75.7 cm³/mol. The van der Waals surface area contributed by atoms with Crippen LogP contribution in [-0.2, 0) is 6.54 Å². The Morgan fingerprint density at radius 2 is 1.84 bits per heavy atom. The van der Waals surface area contributed by atoms with E-state index in [1.165, 1.54) is 6.07 Å². The number of amides is 1. The van der Waals surface area contributed by atoms with E-state index in [2.05, 4.69) is 5.32 Å². The normalized spacial score (nSPS) is 10.2. The van der Waals surface area contributed by atoms with E-state index in [0.717, 1.165) is 5.56 Å². The Labute approximate surface area is 120 Å². The van der Waals surface area contributed by atoms with E-state index in [1.807, 2.05) is 0 Å². The molecule has 0 atom stereocenters. The Morgan fingerprint density at radius 1 is 1.11 bits per heavy atom. The van der Waals surface area contributed by atoms with Gasteiger partial charge in [0.05, 0.1) is 15.6 Å². The first-order chi connectivity index (χ1) is 9.08. The van der Waals surface area contributed by atoms with Crippen molar-refractivity contribution in [2.24, 2.45) is 0 Å². The summed E-state index contributed by atoms with van der Waals surface area (Å²) in [4.78, 5) is 11.9. The zero-order valence-electron chi connectivity index (χ0n) is 9.86. The number of phenolic OH excluding ortho intramolecular Hbond substituents is 1. The van der Waals surface area contributed by atoms with E-state index >= 15 is 0 Å². The second-order valence-electron chi connectivity index (χ2n) is 3.95. The van der Waals surface area contributed by atoms with Gasteiger partial charge in [-0.05, 0) is 29.8 Å². The molecule has 2 aromatic carbocycles. The maximum absolute atomic E-state index is 11.9. The van der Waals surface area contributed by atoms with Crippen LogP contribution in [0.5, 0.6) is 5.75 Å². The van der Waals surface area contributed by atoms with Crippen LogP contribution in [0.15, 0.2) is 42.5 Å². The lowest BCUT2D eigenvalue weighted by molar-refractivity contribution is 0.0948. The van der Waals surface area contributed by atoms with Gasteiger partial charge in [0.2, 0.25) is 0 Å². The second-order valence-corrected chi connectivity index (χ2v) is 4.76. The van der Waals surface area contributed by atoms with Crippen molar-refractivity contribution in [1.29, 1.82) is 0 Å². The summed E-state index contributed by atoms with van der Waals surface area (Å²) in [5.74, 6) is -0.390. The van der Waals surface area contributed by atoms with Crippen LogP contribution in [0.1, 0.15) is 15.9 Å². The topological polar surface area (TPSA) is 49.3 Å². The number of carbonyl (C=O) groups excluding carboxylic acids is 1. The third-order valence-electron chi connectivity index (χ3n) is 2.59. The lowest BCUT2D eigenvalue weighted by Gasteiger charge is -2.07. The summed E-state index contributed by atoms with van der Waals surface area (Å²) >= 11 is 11.7. The molecule has 0 fully saturated rings. The fourth-order valence-corrected chi connectivity index (χ4v) is 1.91. The molecule has 0 bridgehead atoms. The third kappa shape index (κ3) is 3.40. The van der Waals surface area contributed by atoms with Crippen LogP contribution in [0.3, 0.4) is 0 Å². The van der Waals surface area contributed by atoms with E-state index < -0.39 is 0 Å². The van der Waals surface area contributed by atoms with E-state index in [-0.39, 0.29) is 17.2 Å². The summed E-state index contributed by atoms with van der Waals surface area (Å²) in [6.45, 7) is 0.310. The van der Waals surface area contributed by atoms with Crippen molar-refractivity contribution in [1.82, 2.24) is 5.32 Å². The van der Waals surface area contributed by atoms with Crippen LogP contribution >= 0.6 is 23.2 Å². The molecule has 0 aliphatic rings. The van der Waals surface area contributed by atoms with Gasteiger partial charge in [-0.1, -0.05) is 41.4 Å². The van der Waals surface area contributed by atoms with E-state index in [9.17, 15) is 9.90 Å². The summed E-state index contributed by atoms with van der Waals surface area (Å²) in [5.41, 5.74) is 1.07. The standard InChI is InChI=1S/C14H11Cl2NO2/c15-11-6-5-9(7-12(11)16)8-17-14(19)10-3-1-2-4-13(10)18/h1-7,18H,8H2,(H,17,19). The van der Waals surface area contributed by atoms with Gasteiger partial charge >= 0.3 is 0 Å². The molecule has 2 aromatic rings. The van der Waals surface area contributed by atoms with Crippen LogP contribution in [0, 0.1) is 0 Å². The van der Waals surface area contributed by atoms with Crippen molar-refractivity contribution in [3.63, 3.8) is 0 Å². The average Bonchev–Trinajstić information content (AvgIpc) is 2.40. The number of hydrogen-bond acceptors (Lipinski definition) is 2. The predicted octanol–water partition coefficient (Wildman–Crippen LogP) is 3.63. The molecule has 98 valence electrons. The Hall–Kier alpha value is -1.71. The first-order valence-corrected chi connectivity index (χ1v) is 6.33. The van der Waals surface area contributed by atoms with Crippen molar-refractivity contribution < 1.29 is 9.90 Å². The number of nitrogens with one attached hydrogen (secondary N) is 1. The Morgan fingerprint density at radius 3 is 2.53 bits per heavy atom. The number of benzene rings is 2. The molecule has 2 N–H and O–H groups in total. The molecule has 3 nitrogen and oxygen atoms in total. The highest BCUT2D eigenvalue weighted by Crippen LogP contribution is 2.22. The number of aromatic hydroxyl groups is 1. The number of phenols is 1. The van der Waals surface area contributed by atoms with Gasteiger partial charge in [0.25, 0.3) is 5.91 Å². The summed E-state index contributed by atoms with van der Waals surface area (Å²) in [6.07, 6.45) is 0. The van der Waals surface area contributed by atoms with Crippen LogP contribution in [0.2, 0.25) is 10.0 Å². The molecule has 0 unspecified atom stereocenters. The minimum atomic E-state index is -0.343. The highest BCUT2D eigenvalue weighted by Gasteiger charge is 2.09. The number of para-hydroxylation sites is 1. The van der Waals surface area contributed by atoms with Crippen molar-refractivity contribution in [3.05, 3.63) is 63.6 Å². The number of hydrogen-bond donors (Lipinski definition) is 2. The van der Waals surface area contributed by atoms with Gasteiger partial charge in [-0.2, -0.15) is 0 Å². The van der Waals surface area contributed by atoms with Crippen LogP contribution in [0.4, 0.5) is 0 Å². The first kappa shape index (κ1) is 13.7. The minimum absolute atomic E-state index is 0.0471. The van der Waals surface area contributed by atoms with E-state index in [4.69, 9.17) is 23.2 Å². The molecule has 0 spiro atoms. The maximum Gasteiger partial charge on any atom is 0.255 e. The fourth-order valence-electron chi connectivity index (χ4n) is 1.59. The zero-order valence-corrected chi connectivity index (χ0v) is 11.4. The molecule has 2 rings (SSSR count). The molecule has 5 heteroatoms. The zero-order chi connectivity index (χ0) is 13.8. The van der Waals surface area contributed by atoms with Crippen molar-refractivity contribution in [2.75, 3.05) is 0 Å². The largest absolute Gasteiger partial charge is 0.507 e. The van der Waals surface area contributed by atoms with Crippen LogP contribution in [0.25, 0.3) is 0 Å². The molecule has 0 radical (unpaired) electrons. The lowest BCUT2D eigenvalue weighted by Crippen LogP contribution is -2.22. The Kier molecular flexibility index (Phi) is 4.30. The van der Waals surface area contributed by atoms with Gasteiger partial charge in [0, 0.05) is 6.54 Å². The quantitative estimate of drug-likeness (QED) is 0.908. The van der Waals surface area contributed by atoms with E-state index in [1.54, 1.807) is 36.4 Å². The van der Waals surface area contributed by atoms with Crippen LogP contribution in [-0.4, -0.2) is 11.0 Å². The van der Waals surface area contributed by atoms with Gasteiger partial charge in [0.15, 0.2) is 0 Å². The molecule has 1 amide bonds. The van der Waals surface area contributed by atoms with Gasteiger partial charge in [0.1, 0.15) is 5.75 Å². The summed E-state index contributed by atoms with van der Waals surface area (Å²) in [6, 6.07) is 11.5. The van der Waals surface area contributed by atoms with Crippen molar-refractivity contribution in [3.8, 4) is 5.75 Å². The first-order valence-electron chi connectivity index (χ1n) is 5.58. The van der Waals surface area contributed by atoms with E-state index in [0.29, 0.717) is 16.6 Å². The molecule has 0 heterocycles. The monoisotopic (exact) mass is 295 g/mol. The second kappa shape index (κ2) is 5.95. The van der Waals surface area contributed by atoms with Gasteiger partial charge in [-0.25, -0.2) is 0 Å². The van der Waals surface area contributed by atoms with Gasteiger partial charge < -0.3 is 10.4 Å². The van der Waals surface area contributed by atoms with Crippen LogP contribution < -0.4 is 5.32 Å². The molecule has 0 aromatic heterocycles. The molecule has 19 heavy (non-hydrogen) atoms. The van der Waals surface area contributed by atoms with Crippen molar-refractivity contribution in [2.45, 2.75) is 6.54 Å². The molecule has 0 aliphatic carbocycles. The molecular weight excluding hydrogens is 285 g/mol. The van der Waals surface area contributed by atoms with Gasteiger partial charge in [-0.3, -0.25) is 4.79 Å². The summed E-state index contributed by atoms with van der Waals surface area (Å²) < 4.78 is 0. The molecule has 0 saturated heterocycles. The number of rotatable bonds is 3. The number of carbonyl (C=O) groups is 1. The highest BCUT2D eigenvalue weighted by molar-refractivity contribution is 6.42.